The number of carboxylic acids is 1. The number of rotatable bonds is 7. The summed E-state index contributed by atoms with van der Waals surface area (Å²) in [6, 6.07) is 4.58. The van der Waals surface area contributed by atoms with Gasteiger partial charge < -0.3 is 9.84 Å². The molecule has 1 aliphatic carbocycles. The van der Waals surface area contributed by atoms with E-state index in [9.17, 15) is 9.90 Å². The van der Waals surface area contributed by atoms with Crippen molar-refractivity contribution in [3.8, 4) is 5.75 Å². The molecule has 1 aromatic rings. The Hall–Kier alpha value is -0.792. The van der Waals surface area contributed by atoms with Gasteiger partial charge in [-0.2, -0.15) is 0 Å². The first kappa shape index (κ1) is 26.5. The van der Waals surface area contributed by atoms with Crippen molar-refractivity contribution in [2.45, 2.75) is 103 Å². The van der Waals surface area contributed by atoms with Gasteiger partial charge in [0.15, 0.2) is 0 Å². The third-order valence-electron chi connectivity index (χ3n) is 7.24. The van der Waals surface area contributed by atoms with Gasteiger partial charge in [-0.15, -0.1) is 0 Å². The molecule has 0 spiro atoms. The molecule has 1 aromatic carbocycles. The van der Waals surface area contributed by atoms with Crippen LogP contribution in [0.25, 0.3) is 0 Å². The van der Waals surface area contributed by atoms with Crippen LogP contribution < -0.4 is 4.74 Å². The number of unbranched alkanes of at least 4 members (excludes halogenated alkanes) is 3. The van der Waals surface area contributed by atoms with E-state index in [1.807, 2.05) is 6.08 Å². The second kappa shape index (κ2) is 10.9. The number of aliphatic carboxylic acids is 1. The first-order valence-electron chi connectivity index (χ1n) is 11.4. The first-order valence-corrected chi connectivity index (χ1v) is 14.3. The molecule has 0 fully saturated rings. The van der Waals surface area contributed by atoms with Crippen molar-refractivity contribution in [3.05, 3.63) is 40.5 Å². The van der Waals surface area contributed by atoms with Gasteiger partial charge in [0.2, 0.25) is 0 Å². The van der Waals surface area contributed by atoms with Gasteiger partial charge in [-0.05, 0) is 68.6 Å². The van der Waals surface area contributed by atoms with Gasteiger partial charge in [0.25, 0.3) is 0 Å². The molecule has 31 heavy (non-hydrogen) atoms. The molecule has 0 radical (unpaired) electrons. The van der Waals surface area contributed by atoms with E-state index in [4.69, 9.17) is 4.74 Å². The number of fused-ring (bicyclic) bond motifs is 3. The van der Waals surface area contributed by atoms with Gasteiger partial charge in [0.05, 0.1) is 0 Å². The zero-order chi connectivity index (χ0) is 23.4. The number of carbonyl (C=O) groups is 1. The van der Waals surface area contributed by atoms with Crippen LogP contribution in [0.5, 0.6) is 5.75 Å². The molecule has 0 bridgehead atoms. The van der Waals surface area contributed by atoms with Crippen molar-refractivity contribution < 1.29 is 33.4 Å². The normalized spacial score (nSPS) is 21.6. The van der Waals surface area contributed by atoms with Crippen LogP contribution in [0.3, 0.4) is 0 Å². The minimum absolute atomic E-state index is 0.108. The summed E-state index contributed by atoms with van der Waals surface area (Å²) in [7, 11) is 4.61. The summed E-state index contributed by atoms with van der Waals surface area (Å²) in [6.45, 7) is 13.4. The van der Waals surface area contributed by atoms with Crippen LogP contribution in [0.1, 0.15) is 102 Å². The van der Waals surface area contributed by atoms with Crippen molar-refractivity contribution in [2.75, 3.05) is 0 Å². The summed E-state index contributed by atoms with van der Waals surface area (Å²) < 4.78 is 6.57. The quantitative estimate of drug-likeness (QED) is 0.316. The molecular weight excluding hydrogens is 591 g/mol. The SMILES string of the molecule is CCCCCCC(C)(C)c1cc(C)c2c(c1)OC(C)(C)C1CC=C(C(=O)O)CC21.[Cl][Pt]. The second-order valence-electron chi connectivity index (χ2n) is 10.3. The van der Waals surface area contributed by atoms with E-state index in [-0.39, 0.29) is 16.9 Å². The number of carboxylic acid groups (broad SMARTS) is 1. The number of hydrogen-bond acceptors (Lipinski definition) is 2. The van der Waals surface area contributed by atoms with Gasteiger partial charge in [-0.1, -0.05) is 58.6 Å². The van der Waals surface area contributed by atoms with Crippen LogP contribution in [-0.4, -0.2) is 16.7 Å². The average Bonchev–Trinajstić information content (AvgIpc) is 2.71. The Morgan fingerprint density at radius 1 is 1.26 bits per heavy atom. The summed E-state index contributed by atoms with van der Waals surface area (Å²) in [6.07, 6.45) is 9.55. The summed E-state index contributed by atoms with van der Waals surface area (Å²) in [5.41, 5.74) is 4.17. The monoisotopic (exact) mass is 628 g/mol. The zero-order valence-corrected chi connectivity index (χ0v) is 22.8. The van der Waals surface area contributed by atoms with Crippen LogP contribution >= 0.6 is 9.42 Å². The molecule has 1 N–H and O–H groups in total. The van der Waals surface area contributed by atoms with E-state index in [1.54, 1.807) is 18.8 Å². The standard InChI is InChI=1S/C26H38O3.ClH.Pt/c1-7-8-9-10-13-25(3,4)19-14-17(2)23-20-15-18(24(27)28)11-12-21(20)26(5,6)29-22(23)16-19;;/h11,14,16,20-21H,7-10,12-13,15H2,1-6H3,(H,27,28);1H;/q;;+1/p-1. The molecular formula is C26H38ClO3Pt. The van der Waals surface area contributed by atoms with Crippen LogP contribution in [0.15, 0.2) is 23.8 Å². The molecule has 5 heteroatoms. The summed E-state index contributed by atoms with van der Waals surface area (Å²) in [5.74, 6) is 0.715. The molecule has 3 nitrogen and oxygen atoms in total. The van der Waals surface area contributed by atoms with E-state index < -0.39 is 5.97 Å². The van der Waals surface area contributed by atoms with E-state index in [2.05, 4.69) is 63.1 Å². The Kier molecular flexibility index (Phi) is 9.29. The van der Waals surface area contributed by atoms with Gasteiger partial charge in [-0.25, -0.2) is 4.79 Å². The Morgan fingerprint density at radius 3 is 2.55 bits per heavy atom. The summed E-state index contributed by atoms with van der Waals surface area (Å²) >= 11 is 1.61. The van der Waals surface area contributed by atoms with Gasteiger partial charge >= 0.3 is 34.2 Å². The molecule has 0 saturated heterocycles. The Balaban J connectivity index is 0.00000166. The first-order chi connectivity index (χ1) is 14.6. The summed E-state index contributed by atoms with van der Waals surface area (Å²) in [4.78, 5) is 11.6. The van der Waals surface area contributed by atoms with Crippen LogP contribution in [0, 0.1) is 12.8 Å². The second-order valence-corrected chi connectivity index (χ2v) is 10.3. The Bertz CT molecular complexity index is 813. The van der Waals surface area contributed by atoms with Crippen LogP contribution in [-0.2, 0) is 29.0 Å². The van der Waals surface area contributed by atoms with E-state index in [0.29, 0.717) is 17.9 Å². The van der Waals surface area contributed by atoms with E-state index in [0.717, 1.165) is 12.2 Å². The van der Waals surface area contributed by atoms with Gasteiger partial charge in [-0.3, -0.25) is 0 Å². The molecule has 2 aliphatic rings. The molecule has 0 aromatic heterocycles. The fourth-order valence-corrected chi connectivity index (χ4v) is 5.36. The maximum atomic E-state index is 11.6. The van der Waals surface area contributed by atoms with E-state index in [1.165, 1.54) is 48.8 Å². The Labute approximate surface area is 203 Å². The fraction of sp³-hybridized carbons (Fsp3) is 0.654. The minimum atomic E-state index is -0.781. The molecule has 1 heterocycles. The number of ether oxygens (including phenoxy) is 1. The van der Waals surface area contributed by atoms with E-state index >= 15 is 0 Å². The number of aryl methyl sites for hydroxylation is 1. The Morgan fingerprint density at radius 2 is 1.94 bits per heavy atom. The van der Waals surface area contributed by atoms with Crippen molar-refractivity contribution in [1.29, 1.82) is 0 Å². The number of halogens is 1. The molecule has 0 saturated carbocycles. The zero-order valence-electron chi connectivity index (χ0n) is 19.8. The average molecular weight is 629 g/mol. The van der Waals surface area contributed by atoms with Crippen molar-refractivity contribution >= 4 is 15.4 Å². The molecule has 1 aliphatic heterocycles. The fourth-order valence-electron chi connectivity index (χ4n) is 5.36. The number of hydrogen-bond donors (Lipinski definition) is 1. The number of allylic oxidation sites excluding steroid dienone is 1. The molecule has 2 atom stereocenters. The van der Waals surface area contributed by atoms with Crippen molar-refractivity contribution in [1.82, 2.24) is 0 Å². The number of benzene rings is 1. The topological polar surface area (TPSA) is 46.5 Å². The molecule has 3 rings (SSSR count). The van der Waals surface area contributed by atoms with Crippen molar-refractivity contribution in [3.63, 3.8) is 0 Å². The van der Waals surface area contributed by atoms with Gasteiger partial charge in [0.1, 0.15) is 11.4 Å². The molecule has 2 unspecified atom stereocenters. The third-order valence-corrected chi connectivity index (χ3v) is 7.24. The predicted molar refractivity (Wildman–Crippen MR) is 125 cm³/mol. The molecule has 0 amide bonds. The third kappa shape index (κ3) is 5.96. The predicted octanol–water partition coefficient (Wildman–Crippen LogP) is 7.61. The van der Waals surface area contributed by atoms with Crippen LogP contribution in [0.2, 0.25) is 0 Å². The van der Waals surface area contributed by atoms with Crippen molar-refractivity contribution in [2.24, 2.45) is 5.92 Å². The summed E-state index contributed by atoms with van der Waals surface area (Å²) in [5, 5.41) is 9.55. The molecule has 177 valence electrons. The van der Waals surface area contributed by atoms with Crippen LogP contribution in [0.4, 0.5) is 0 Å². The maximum absolute atomic E-state index is 11.6. The van der Waals surface area contributed by atoms with Gasteiger partial charge in [0, 0.05) is 17.1 Å².